The van der Waals surface area contributed by atoms with Gasteiger partial charge in [0.15, 0.2) is 0 Å². The number of aromatic nitrogens is 2. The van der Waals surface area contributed by atoms with E-state index in [0.717, 1.165) is 10.8 Å². The van der Waals surface area contributed by atoms with Crippen LogP contribution in [0.15, 0.2) is 24.4 Å². The molecule has 2 aromatic rings. The highest BCUT2D eigenvalue weighted by Gasteiger charge is 1.98. The molecule has 12 heavy (non-hydrogen) atoms. The summed E-state index contributed by atoms with van der Waals surface area (Å²) in [5.41, 5.74) is 2.35. The van der Waals surface area contributed by atoms with E-state index in [4.69, 9.17) is 0 Å². The van der Waals surface area contributed by atoms with E-state index in [9.17, 15) is 0 Å². The van der Waals surface area contributed by atoms with Crippen molar-refractivity contribution >= 4 is 26.8 Å². The number of halogens is 1. The monoisotopic (exact) mass is 224 g/mol. The fourth-order valence-electron chi connectivity index (χ4n) is 1.28. The molecule has 0 aliphatic heterocycles. The van der Waals surface area contributed by atoms with Crippen molar-refractivity contribution in [3.63, 3.8) is 0 Å². The second-order valence-corrected chi connectivity index (χ2v) is 3.39. The molecule has 0 bridgehead atoms. The summed E-state index contributed by atoms with van der Waals surface area (Å²) in [5.74, 6) is 0. The summed E-state index contributed by atoms with van der Waals surface area (Å²) in [4.78, 5) is 0. The smallest absolute Gasteiger partial charge is 0.0923 e. The summed E-state index contributed by atoms with van der Waals surface area (Å²) in [6.07, 6.45) is 2.03. The summed E-state index contributed by atoms with van der Waals surface area (Å²) in [7, 11) is 1.94. The van der Waals surface area contributed by atoms with Gasteiger partial charge in [-0.2, -0.15) is 5.10 Å². The van der Waals surface area contributed by atoms with Gasteiger partial charge in [-0.25, -0.2) is 0 Å². The number of benzene rings is 1. The van der Waals surface area contributed by atoms with E-state index in [1.807, 2.05) is 24.0 Å². The van der Waals surface area contributed by atoms with Crippen molar-refractivity contribution in [1.82, 2.24) is 9.78 Å². The fraction of sp³-hybridized carbons (Fsp3) is 0.222. The van der Waals surface area contributed by atoms with Crippen molar-refractivity contribution in [2.45, 2.75) is 5.33 Å². The number of hydrogen-bond acceptors (Lipinski definition) is 1. The standard InChI is InChI=1S/C9H9BrN2/c1-12-6-8-4-7(5-10)2-3-9(8)11-12/h2-4,6H,5H2,1H3. The van der Waals surface area contributed by atoms with Crippen molar-refractivity contribution in [3.8, 4) is 0 Å². The quantitative estimate of drug-likeness (QED) is 0.681. The molecule has 3 heteroatoms. The first kappa shape index (κ1) is 7.80. The lowest BCUT2D eigenvalue weighted by atomic mass is 10.2. The van der Waals surface area contributed by atoms with Gasteiger partial charge in [-0.1, -0.05) is 22.0 Å². The van der Waals surface area contributed by atoms with Crippen molar-refractivity contribution in [3.05, 3.63) is 30.0 Å². The molecule has 1 aromatic heterocycles. The lowest BCUT2D eigenvalue weighted by molar-refractivity contribution is 0.780. The minimum Gasteiger partial charge on any atom is -0.275 e. The summed E-state index contributed by atoms with van der Waals surface area (Å²) in [6, 6.07) is 6.28. The van der Waals surface area contributed by atoms with Crippen LogP contribution in [0.5, 0.6) is 0 Å². The molecule has 0 saturated carbocycles. The predicted molar refractivity (Wildman–Crippen MR) is 53.3 cm³/mol. The second-order valence-electron chi connectivity index (χ2n) is 2.83. The molecule has 0 unspecified atom stereocenters. The van der Waals surface area contributed by atoms with Gasteiger partial charge in [-0.05, 0) is 17.7 Å². The molecule has 0 N–H and O–H groups in total. The average Bonchev–Trinajstić information content (AvgIpc) is 2.43. The van der Waals surface area contributed by atoms with Gasteiger partial charge in [0.25, 0.3) is 0 Å². The molecule has 0 amide bonds. The third kappa shape index (κ3) is 1.25. The normalized spacial score (nSPS) is 10.8. The Balaban J connectivity index is 2.66. The van der Waals surface area contributed by atoms with E-state index in [1.165, 1.54) is 10.9 Å². The largest absolute Gasteiger partial charge is 0.275 e. The lowest BCUT2D eigenvalue weighted by Gasteiger charge is -1.92. The van der Waals surface area contributed by atoms with E-state index < -0.39 is 0 Å². The van der Waals surface area contributed by atoms with E-state index in [2.05, 4.69) is 33.2 Å². The van der Waals surface area contributed by atoms with Crippen LogP contribution in [0, 0.1) is 0 Å². The Morgan fingerprint density at radius 1 is 1.50 bits per heavy atom. The van der Waals surface area contributed by atoms with Crippen LogP contribution in [0.4, 0.5) is 0 Å². The highest BCUT2D eigenvalue weighted by atomic mass is 79.9. The average molecular weight is 225 g/mol. The zero-order valence-corrected chi connectivity index (χ0v) is 8.37. The summed E-state index contributed by atoms with van der Waals surface area (Å²) >= 11 is 3.42. The van der Waals surface area contributed by atoms with Crippen LogP contribution in [-0.4, -0.2) is 9.78 Å². The Hall–Kier alpha value is -0.830. The first-order chi connectivity index (χ1) is 5.79. The Labute approximate surface area is 79.3 Å². The lowest BCUT2D eigenvalue weighted by Crippen LogP contribution is -1.84. The molecule has 1 heterocycles. The molecule has 1 aromatic carbocycles. The SMILES string of the molecule is Cn1cc2cc(CBr)ccc2n1. The van der Waals surface area contributed by atoms with Crippen LogP contribution in [0.1, 0.15) is 5.56 Å². The Kier molecular flexibility index (Phi) is 1.89. The Morgan fingerprint density at radius 2 is 2.33 bits per heavy atom. The van der Waals surface area contributed by atoms with E-state index in [1.54, 1.807) is 0 Å². The molecule has 62 valence electrons. The number of hydrogen-bond donors (Lipinski definition) is 0. The van der Waals surface area contributed by atoms with Crippen LogP contribution in [0.3, 0.4) is 0 Å². The van der Waals surface area contributed by atoms with Gasteiger partial charge in [0.1, 0.15) is 0 Å². The molecule has 0 aliphatic carbocycles. The van der Waals surface area contributed by atoms with Gasteiger partial charge in [-0.3, -0.25) is 4.68 Å². The summed E-state index contributed by atoms with van der Waals surface area (Å²) in [6.45, 7) is 0. The first-order valence-electron chi connectivity index (χ1n) is 3.78. The molecule has 0 fully saturated rings. The molecule has 2 rings (SSSR count). The highest BCUT2D eigenvalue weighted by molar-refractivity contribution is 9.08. The van der Waals surface area contributed by atoms with E-state index >= 15 is 0 Å². The summed E-state index contributed by atoms with van der Waals surface area (Å²) in [5, 5.41) is 6.39. The van der Waals surface area contributed by atoms with Crippen LogP contribution >= 0.6 is 15.9 Å². The second kappa shape index (κ2) is 2.90. The maximum absolute atomic E-state index is 4.29. The van der Waals surface area contributed by atoms with Crippen molar-refractivity contribution in [2.75, 3.05) is 0 Å². The minimum atomic E-state index is 0.901. The number of alkyl halides is 1. The van der Waals surface area contributed by atoms with Gasteiger partial charge in [0.2, 0.25) is 0 Å². The molecule has 0 atom stereocenters. The molecule has 0 spiro atoms. The van der Waals surface area contributed by atoms with Crippen LogP contribution in [-0.2, 0) is 12.4 Å². The van der Waals surface area contributed by atoms with Gasteiger partial charge in [-0.15, -0.1) is 0 Å². The maximum Gasteiger partial charge on any atom is 0.0923 e. The van der Waals surface area contributed by atoms with E-state index in [0.29, 0.717) is 0 Å². The Morgan fingerprint density at radius 3 is 3.08 bits per heavy atom. The third-order valence-corrected chi connectivity index (χ3v) is 2.49. The number of rotatable bonds is 1. The van der Waals surface area contributed by atoms with Gasteiger partial charge in [0.05, 0.1) is 5.52 Å². The van der Waals surface area contributed by atoms with Crippen LogP contribution in [0.25, 0.3) is 10.9 Å². The van der Waals surface area contributed by atoms with Crippen molar-refractivity contribution < 1.29 is 0 Å². The van der Waals surface area contributed by atoms with Crippen molar-refractivity contribution in [1.29, 1.82) is 0 Å². The number of nitrogens with zero attached hydrogens (tertiary/aromatic N) is 2. The third-order valence-electron chi connectivity index (χ3n) is 1.84. The highest BCUT2D eigenvalue weighted by Crippen LogP contribution is 2.15. The molecule has 2 nitrogen and oxygen atoms in total. The van der Waals surface area contributed by atoms with Crippen molar-refractivity contribution in [2.24, 2.45) is 7.05 Å². The number of fused-ring (bicyclic) bond motifs is 1. The zero-order valence-electron chi connectivity index (χ0n) is 6.79. The molecular formula is C9H9BrN2. The number of aryl methyl sites for hydroxylation is 1. The van der Waals surface area contributed by atoms with Crippen LogP contribution < -0.4 is 0 Å². The molecule has 0 radical (unpaired) electrons. The van der Waals surface area contributed by atoms with E-state index in [-0.39, 0.29) is 0 Å². The fourth-order valence-corrected chi connectivity index (χ4v) is 1.63. The topological polar surface area (TPSA) is 17.8 Å². The molecular weight excluding hydrogens is 216 g/mol. The van der Waals surface area contributed by atoms with Gasteiger partial charge in [0, 0.05) is 24.0 Å². The van der Waals surface area contributed by atoms with Gasteiger partial charge >= 0.3 is 0 Å². The predicted octanol–water partition coefficient (Wildman–Crippen LogP) is 2.47. The first-order valence-corrected chi connectivity index (χ1v) is 4.90. The van der Waals surface area contributed by atoms with Gasteiger partial charge < -0.3 is 0 Å². The molecule has 0 aliphatic rings. The Bertz CT molecular complexity index is 406. The molecule has 0 saturated heterocycles. The van der Waals surface area contributed by atoms with Crippen LogP contribution in [0.2, 0.25) is 0 Å². The maximum atomic E-state index is 4.29. The summed E-state index contributed by atoms with van der Waals surface area (Å²) < 4.78 is 1.84. The zero-order chi connectivity index (χ0) is 8.55. The minimum absolute atomic E-state index is 0.901.